The summed E-state index contributed by atoms with van der Waals surface area (Å²) in [7, 11) is -3.24. The summed E-state index contributed by atoms with van der Waals surface area (Å²) in [5.74, 6) is -0.808. The Bertz CT molecular complexity index is 1030. The van der Waals surface area contributed by atoms with Gasteiger partial charge in [-0.05, 0) is 75.1 Å². The van der Waals surface area contributed by atoms with Crippen LogP contribution in [0.25, 0.3) is 0 Å². The van der Waals surface area contributed by atoms with Gasteiger partial charge in [0.05, 0.1) is 12.8 Å². The summed E-state index contributed by atoms with van der Waals surface area (Å²) in [6.07, 6.45) is 5.20. The van der Waals surface area contributed by atoms with Gasteiger partial charge in [0.2, 0.25) is 15.9 Å². The maximum atomic E-state index is 14.2. The van der Waals surface area contributed by atoms with E-state index < -0.39 is 21.7 Å². The number of likely N-dealkylation sites (tertiary alicyclic amines) is 1. The SMILES string of the molecule is CCN(C(=O)CN1CCNCC1)C1CCN(CC[C@@H](c2cc(F)cc(F)c2)C2CCN(S(C)(=O)=O)CC2)CC1. The van der Waals surface area contributed by atoms with Crippen molar-refractivity contribution in [3.63, 3.8) is 0 Å². The number of hydrogen-bond donors (Lipinski definition) is 1. The second-order valence-electron chi connectivity index (χ2n) is 11.4. The lowest BCUT2D eigenvalue weighted by molar-refractivity contribution is -0.135. The van der Waals surface area contributed by atoms with E-state index in [2.05, 4.69) is 22.0 Å². The second-order valence-corrected chi connectivity index (χ2v) is 13.4. The number of benzene rings is 1. The van der Waals surface area contributed by atoms with E-state index in [4.69, 9.17) is 0 Å². The van der Waals surface area contributed by atoms with Crippen molar-refractivity contribution in [1.82, 2.24) is 24.3 Å². The third-order valence-corrected chi connectivity index (χ3v) is 10.1. The number of hydrogen-bond acceptors (Lipinski definition) is 6. The molecule has 1 atom stereocenters. The van der Waals surface area contributed by atoms with Gasteiger partial charge in [-0.25, -0.2) is 21.5 Å². The summed E-state index contributed by atoms with van der Waals surface area (Å²) in [4.78, 5) is 19.7. The second kappa shape index (κ2) is 13.8. The molecule has 11 heteroatoms. The van der Waals surface area contributed by atoms with Crippen LogP contribution >= 0.6 is 0 Å². The minimum atomic E-state index is -3.24. The minimum absolute atomic E-state index is 0.0395. The number of nitrogens with zero attached hydrogens (tertiary/aromatic N) is 4. The highest BCUT2D eigenvalue weighted by molar-refractivity contribution is 7.88. The molecule has 1 N–H and O–H groups in total. The molecule has 39 heavy (non-hydrogen) atoms. The highest BCUT2D eigenvalue weighted by atomic mass is 32.2. The molecule has 4 rings (SSSR count). The van der Waals surface area contributed by atoms with Gasteiger partial charge < -0.3 is 15.1 Å². The average Bonchev–Trinajstić information content (AvgIpc) is 2.90. The molecule has 0 aromatic heterocycles. The first kappa shape index (κ1) is 30.3. The number of amides is 1. The van der Waals surface area contributed by atoms with Crippen molar-refractivity contribution in [2.75, 3.05) is 78.2 Å². The summed E-state index contributed by atoms with van der Waals surface area (Å²) >= 11 is 0. The van der Waals surface area contributed by atoms with Gasteiger partial charge in [0.25, 0.3) is 0 Å². The number of nitrogens with one attached hydrogen (secondary N) is 1. The quantitative estimate of drug-likeness (QED) is 0.466. The number of carbonyl (C=O) groups excluding carboxylic acids is 1. The summed E-state index contributed by atoms with van der Waals surface area (Å²) in [6, 6.07) is 4.02. The zero-order valence-electron chi connectivity index (χ0n) is 23.5. The first-order chi connectivity index (χ1) is 18.6. The third-order valence-electron chi connectivity index (χ3n) is 8.83. The molecule has 1 aromatic rings. The molecule has 0 radical (unpaired) electrons. The number of rotatable bonds is 10. The van der Waals surface area contributed by atoms with Crippen LogP contribution in [0.15, 0.2) is 18.2 Å². The Labute approximate surface area is 232 Å². The molecule has 1 amide bonds. The average molecular weight is 570 g/mol. The van der Waals surface area contributed by atoms with Crippen LogP contribution in [-0.2, 0) is 14.8 Å². The number of piperazine rings is 1. The highest BCUT2D eigenvalue weighted by Gasteiger charge is 2.33. The van der Waals surface area contributed by atoms with E-state index in [-0.39, 0.29) is 23.8 Å². The maximum absolute atomic E-state index is 14.2. The first-order valence-corrected chi connectivity index (χ1v) is 16.3. The van der Waals surface area contributed by atoms with Crippen LogP contribution in [0.2, 0.25) is 0 Å². The van der Waals surface area contributed by atoms with Crippen LogP contribution in [0.4, 0.5) is 8.78 Å². The Hall–Kier alpha value is -1.66. The van der Waals surface area contributed by atoms with Crippen molar-refractivity contribution in [1.29, 1.82) is 0 Å². The van der Waals surface area contributed by atoms with E-state index in [9.17, 15) is 22.0 Å². The van der Waals surface area contributed by atoms with Gasteiger partial charge in [-0.3, -0.25) is 9.69 Å². The van der Waals surface area contributed by atoms with Gasteiger partial charge in [-0.15, -0.1) is 0 Å². The smallest absolute Gasteiger partial charge is 0.236 e. The van der Waals surface area contributed by atoms with Gasteiger partial charge in [0.15, 0.2) is 0 Å². The van der Waals surface area contributed by atoms with Gasteiger partial charge in [-0.1, -0.05) is 0 Å². The number of carbonyl (C=O) groups is 1. The van der Waals surface area contributed by atoms with Crippen molar-refractivity contribution < 1.29 is 22.0 Å². The minimum Gasteiger partial charge on any atom is -0.339 e. The van der Waals surface area contributed by atoms with E-state index >= 15 is 0 Å². The number of sulfonamides is 1. The van der Waals surface area contributed by atoms with Crippen LogP contribution in [0.5, 0.6) is 0 Å². The van der Waals surface area contributed by atoms with Gasteiger partial charge in [0, 0.05) is 71.0 Å². The fraction of sp³-hybridized carbons (Fsp3) is 0.750. The Morgan fingerprint density at radius 3 is 2.15 bits per heavy atom. The van der Waals surface area contributed by atoms with Crippen LogP contribution in [0.1, 0.15) is 50.5 Å². The first-order valence-electron chi connectivity index (χ1n) is 14.5. The number of likely N-dealkylation sites (N-methyl/N-ethyl adjacent to an activating group) is 1. The van der Waals surface area contributed by atoms with Crippen LogP contribution < -0.4 is 5.32 Å². The Kier molecular flexibility index (Phi) is 10.7. The molecule has 8 nitrogen and oxygen atoms in total. The lowest BCUT2D eigenvalue weighted by Gasteiger charge is -2.40. The molecule has 0 saturated carbocycles. The van der Waals surface area contributed by atoms with Crippen molar-refractivity contribution >= 4 is 15.9 Å². The van der Waals surface area contributed by atoms with E-state index in [1.165, 1.54) is 22.7 Å². The molecule has 3 heterocycles. The van der Waals surface area contributed by atoms with E-state index in [0.717, 1.165) is 77.7 Å². The molecule has 0 aliphatic carbocycles. The molecule has 1 aromatic carbocycles. The molecule has 3 saturated heterocycles. The lowest BCUT2D eigenvalue weighted by atomic mass is 9.78. The topological polar surface area (TPSA) is 76.2 Å². The Balaban J connectivity index is 1.33. The normalized spacial score (nSPS) is 22.2. The number of piperidine rings is 2. The molecule has 0 bridgehead atoms. The van der Waals surface area contributed by atoms with Crippen LogP contribution in [-0.4, -0.2) is 118 Å². The van der Waals surface area contributed by atoms with Crippen molar-refractivity contribution in [2.24, 2.45) is 5.92 Å². The molecule has 3 aliphatic rings. The maximum Gasteiger partial charge on any atom is 0.236 e. The molecule has 0 spiro atoms. The zero-order chi connectivity index (χ0) is 28.0. The lowest BCUT2D eigenvalue weighted by Crippen LogP contribution is -2.52. The predicted molar refractivity (Wildman–Crippen MR) is 149 cm³/mol. The predicted octanol–water partition coefficient (Wildman–Crippen LogP) is 2.33. The standard InChI is InChI=1S/C28H45F2N5O3S/c1-3-35(28(36)21-33-16-9-31-10-17-33)26-6-11-32(12-7-26)13-8-27(23-18-24(29)20-25(30)19-23)22-4-14-34(15-5-22)39(2,37)38/h18-20,22,26-27,31H,3-17,21H2,1-2H3/t27-/m1/s1. The molecule has 3 fully saturated rings. The van der Waals surface area contributed by atoms with Gasteiger partial charge in [-0.2, -0.15) is 0 Å². The fourth-order valence-electron chi connectivity index (χ4n) is 6.64. The summed E-state index contributed by atoms with van der Waals surface area (Å²) < 4.78 is 53.8. The summed E-state index contributed by atoms with van der Waals surface area (Å²) in [6.45, 7) is 10.4. The largest absolute Gasteiger partial charge is 0.339 e. The van der Waals surface area contributed by atoms with Gasteiger partial charge in [0.1, 0.15) is 11.6 Å². The highest BCUT2D eigenvalue weighted by Crippen LogP contribution is 2.37. The third kappa shape index (κ3) is 8.42. The van der Waals surface area contributed by atoms with Crippen LogP contribution in [0, 0.1) is 17.6 Å². The van der Waals surface area contributed by atoms with Crippen molar-refractivity contribution in [3.05, 3.63) is 35.4 Å². The Morgan fingerprint density at radius 1 is 0.974 bits per heavy atom. The van der Waals surface area contributed by atoms with Crippen LogP contribution in [0.3, 0.4) is 0 Å². The molecule has 220 valence electrons. The van der Waals surface area contributed by atoms with E-state index in [1.807, 2.05) is 4.90 Å². The monoisotopic (exact) mass is 569 g/mol. The summed E-state index contributed by atoms with van der Waals surface area (Å²) in [5, 5.41) is 3.33. The number of halogens is 2. The Morgan fingerprint density at radius 2 is 1.59 bits per heavy atom. The zero-order valence-corrected chi connectivity index (χ0v) is 24.3. The summed E-state index contributed by atoms with van der Waals surface area (Å²) in [5.41, 5.74) is 0.663. The van der Waals surface area contributed by atoms with E-state index in [1.54, 1.807) is 0 Å². The van der Waals surface area contributed by atoms with E-state index in [0.29, 0.717) is 38.0 Å². The fourth-order valence-corrected chi connectivity index (χ4v) is 7.51. The van der Waals surface area contributed by atoms with Gasteiger partial charge >= 0.3 is 0 Å². The molecule has 3 aliphatic heterocycles. The molecular weight excluding hydrogens is 524 g/mol. The van der Waals surface area contributed by atoms with Crippen molar-refractivity contribution in [3.8, 4) is 0 Å². The molecular formula is C28H45F2N5O3S. The van der Waals surface area contributed by atoms with Crippen molar-refractivity contribution in [2.45, 2.75) is 51.0 Å². The molecule has 0 unspecified atom stereocenters.